The highest BCUT2D eigenvalue weighted by Crippen LogP contribution is 2.19. The van der Waals surface area contributed by atoms with Crippen molar-refractivity contribution < 1.29 is 4.79 Å². The van der Waals surface area contributed by atoms with Crippen LogP contribution in [0.3, 0.4) is 0 Å². The molecule has 0 bridgehead atoms. The van der Waals surface area contributed by atoms with E-state index in [2.05, 4.69) is 11.4 Å². The first-order valence-corrected chi connectivity index (χ1v) is 6.29. The van der Waals surface area contributed by atoms with Gasteiger partial charge in [-0.2, -0.15) is 0 Å². The van der Waals surface area contributed by atoms with E-state index in [0.717, 1.165) is 19.3 Å². The first-order valence-electron chi connectivity index (χ1n) is 6.29. The summed E-state index contributed by atoms with van der Waals surface area (Å²) in [6.07, 6.45) is 8.33. The SMILES string of the molecule is Cn1ccc(C(=O)NCCC2=CCCC2)cc1=O. The Morgan fingerprint density at radius 1 is 1.50 bits per heavy atom. The molecule has 1 aliphatic rings. The predicted octanol–water partition coefficient (Wildman–Crippen LogP) is 1.62. The summed E-state index contributed by atoms with van der Waals surface area (Å²) in [4.78, 5) is 23.2. The minimum atomic E-state index is -0.175. The lowest BCUT2D eigenvalue weighted by molar-refractivity contribution is 0.0954. The molecular weight excluding hydrogens is 228 g/mol. The lowest BCUT2D eigenvalue weighted by Gasteiger charge is -2.06. The molecule has 1 aromatic rings. The van der Waals surface area contributed by atoms with Crippen LogP contribution in [0.25, 0.3) is 0 Å². The Kier molecular flexibility index (Phi) is 3.97. The molecule has 0 radical (unpaired) electrons. The van der Waals surface area contributed by atoms with E-state index in [1.54, 1.807) is 19.3 Å². The van der Waals surface area contributed by atoms with Crippen molar-refractivity contribution in [1.82, 2.24) is 9.88 Å². The second kappa shape index (κ2) is 5.67. The number of nitrogens with one attached hydrogen (secondary N) is 1. The number of nitrogens with zero attached hydrogens (tertiary/aromatic N) is 1. The van der Waals surface area contributed by atoms with E-state index in [4.69, 9.17) is 0 Å². The van der Waals surface area contributed by atoms with Gasteiger partial charge in [0, 0.05) is 31.4 Å². The topological polar surface area (TPSA) is 51.1 Å². The molecule has 0 unspecified atom stereocenters. The molecule has 96 valence electrons. The molecule has 1 heterocycles. The highest BCUT2D eigenvalue weighted by atomic mass is 16.2. The highest BCUT2D eigenvalue weighted by Gasteiger charge is 2.08. The lowest BCUT2D eigenvalue weighted by Crippen LogP contribution is -2.27. The van der Waals surface area contributed by atoms with E-state index in [-0.39, 0.29) is 11.5 Å². The predicted molar refractivity (Wildman–Crippen MR) is 70.6 cm³/mol. The Hall–Kier alpha value is -1.84. The molecule has 4 heteroatoms. The molecule has 1 aromatic heterocycles. The molecule has 0 aliphatic heterocycles. The van der Waals surface area contributed by atoms with Crippen molar-refractivity contribution >= 4 is 5.91 Å². The molecule has 0 saturated heterocycles. The van der Waals surface area contributed by atoms with Crippen molar-refractivity contribution in [2.24, 2.45) is 7.05 Å². The van der Waals surface area contributed by atoms with Gasteiger partial charge in [0.05, 0.1) is 0 Å². The Balaban J connectivity index is 1.87. The molecule has 0 fully saturated rings. The van der Waals surface area contributed by atoms with E-state index >= 15 is 0 Å². The minimum absolute atomic E-state index is 0.166. The fourth-order valence-corrected chi connectivity index (χ4v) is 2.09. The van der Waals surface area contributed by atoms with Crippen LogP contribution >= 0.6 is 0 Å². The second-order valence-electron chi connectivity index (χ2n) is 4.63. The van der Waals surface area contributed by atoms with E-state index in [0.29, 0.717) is 12.1 Å². The average molecular weight is 246 g/mol. The zero-order chi connectivity index (χ0) is 13.0. The van der Waals surface area contributed by atoms with Gasteiger partial charge in [-0.15, -0.1) is 0 Å². The molecule has 2 rings (SSSR count). The molecule has 0 saturated carbocycles. The zero-order valence-electron chi connectivity index (χ0n) is 10.6. The van der Waals surface area contributed by atoms with Gasteiger partial charge < -0.3 is 9.88 Å². The van der Waals surface area contributed by atoms with Crippen molar-refractivity contribution in [3.05, 3.63) is 45.9 Å². The van der Waals surface area contributed by atoms with Crippen LogP contribution < -0.4 is 10.9 Å². The number of carbonyl (C=O) groups excluding carboxylic acids is 1. The number of aromatic nitrogens is 1. The summed E-state index contributed by atoms with van der Waals surface area (Å²) in [5.41, 5.74) is 1.69. The van der Waals surface area contributed by atoms with Gasteiger partial charge in [0.2, 0.25) is 0 Å². The number of allylic oxidation sites excluding steroid dienone is 1. The maximum absolute atomic E-state index is 11.8. The van der Waals surface area contributed by atoms with Crippen LogP contribution in [-0.2, 0) is 7.05 Å². The maximum atomic E-state index is 11.8. The third kappa shape index (κ3) is 3.09. The van der Waals surface area contributed by atoms with E-state index < -0.39 is 0 Å². The van der Waals surface area contributed by atoms with Crippen LogP contribution in [-0.4, -0.2) is 17.0 Å². The molecule has 18 heavy (non-hydrogen) atoms. The Morgan fingerprint density at radius 2 is 2.33 bits per heavy atom. The van der Waals surface area contributed by atoms with Gasteiger partial charge >= 0.3 is 0 Å². The molecule has 0 spiro atoms. The molecule has 1 amide bonds. The summed E-state index contributed by atoms with van der Waals surface area (Å²) in [5, 5.41) is 2.84. The number of amides is 1. The van der Waals surface area contributed by atoms with Gasteiger partial charge in [-0.25, -0.2) is 0 Å². The zero-order valence-corrected chi connectivity index (χ0v) is 10.6. The number of pyridine rings is 1. The quantitative estimate of drug-likeness (QED) is 0.821. The van der Waals surface area contributed by atoms with E-state index in [9.17, 15) is 9.59 Å². The summed E-state index contributed by atoms with van der Waals surface area (Å²) in [5.74, 6) is -0.175. The van der Waals surface area contributed by atoms with Crippen molar-refractivity contribution in [1.29, 1.82) is 0 Å². The molecular formula is C14H18N2O2. The summed E-state index contributed by atoms with van der Waals surface area (Å²) in [6, 6.07) is 3.02. The number of hydrogen-bond acceptors (Lipinski definition) is 2. The van der Waals surface area contributed by atoms with Crippen molar-refractivity contribution in [2.75, 3.05) is 6.54 Å². The fraction of sp³-hybridized carbons (Fsp3) is 0.429. The average Bonchev–Trinajstić information content (AvgIpc) is 2.85. The summed E-state index contributed by atoms with van der Waals surface area (Å²) in [7, 11) is 1.66. The summed E-state index contributed by atoms with van der Waals surface area (Å²) >= 11 is 0. The van der Waals surface area contributed by atoms with Crippen molar-refractivity contribution in [2.45, 2.75) is 25.7 Å². The van der Waals surface area contributed by atoms with Crippen LogP contribution in [0.15, 0.2) is 34.8 Å². The van der Waals surface area contributed by atoms with Crippen LogP contribution in [0, 0.1) is 0 Å². The number of carbonyl (C=O) groups is 1. The summed E-state index contributed by atoms with van der Waals surface area (Å²) in [6.45, 7) is 0.639. The fourth-order valence-electron chi connectivity index (χ4n) is 2.09. The van der Waals surface area contributed by atoms with Crippen molar-refractivity contribution in [3.8, 4) is 0 Å². The minimum Gasteiger partial charge on any atom is -0.352 e. The normalized spacial score (nSPS) is 14.4. The lowest BCUT2D eigenvalue weighted by atomic mass is 10.1. The first kappa shape index (κ1) is 12.6. The first-order chi connectivity index (χ1) is 8.66. The highest BCUT2D eigenvalue weighted by molar-refractivity contribution is 5.93. The molecule has 1 aliphatic carbocycles. The Morgan fingerprint density at radius 3 is 3.00 bits per heavy atom. The molecule has 4 nitrogen and oxygen atoms in total. The van der Waals surface area contributed by atoms with E-state index in [1.807, 2.05) is 0 Å². The van der Waals surface area contributed by atoms with Crippen molar-refractivity contribution in [3.63, 3.8) is 0 Å². The van der Waals surface area contributed by atoms with Crippen LogP contribution in [0.4, 0.5) is 0 Å². The van der Waals surface area contributed by atoms with Gasteiger partial charge in [-0.3, -0.25) is 9.59 Å². The third-order valence-electron chi connectivity index (χ3n) is 3.23. The van der Waals surface area contributed by atoms with Gasteiger partial charge in [-0.05, 0) is 31.7 Å². The van der Waals surface area contributed by atoms with Crippen LogP contribution in [0.2, 0.25) is 0 Å². The monoisotopic (exact) mass is 246 g/mol. The van der Waals surface area contributed by atoms with Crippen LogP contribution in [0.5, 0.6) is 0 Å². The second-order valence-corrected chi connectivity index (χ2v) is 4.63. The van der Waals surface area contributed by atoms with Gasteiger partial charge in [0.1, 0.15) is 0 Å². The van der Waals surface area contributed by atoms with Gasteiger partial charge in [0.15, 0.2) is 0 Å². The maximum Gasteiger partial charge on any atom is 0.251 e. The van der Waals surface area contributed by atoms with Crippen LogP contribution in [0.1, 0.15) is 36.0 Å². The largest absolute Gasteiger partial charge is 0.352 e. The molecule has 0 atom stereocenters. The summed E-state index contributed by atoms with van der Waals surface area (Å²) < 4.78 is 1.44. The van der Waals surface area contributed by atoms with E-state index in [1.165, 1.54) is 22.6 Å². The van der Waals surface area contributed by atoms with Gasteiger partial charge in [-0.1, -0.05) is 11.6 Å². The number of aryl methyl sites for hydroxylation is 1. The Bertz CT molecular complexity index is 529. The smallest absolute Gasteiger partial charge is 0.251 e. The number of rotatable bonds is 4. The number of hydrogen-bond donors (Lipinski definition) is 1. The molecule has 0 aromatic carbocycles. The Labute approximate surface area is 106 Å². The standard InChI is InChI=1S/C14H18N2O2/c1-16-9-7-12(10-13(16)17)14(18)15-8-6-11-4-2-3-5-11/h4,7,9-10H,2-3,5-6,8H2,1H3,(H,15,18). The molecule has 1 N–H and O–H groups in total. The van der Waals surface area contributed by atoms with Gasteiger partial charge in [0.25, 0.3) is 11.5 Å². The third-order valence-corrected chi connectivity index (χ3v) is 3.23.